The lowest BCUT2D eigenvalue weighted by molar-refractivity contribution is 0.0724. The molecule has 2 aromatic rings. The standard InChI is InChI=1S/C19H23N3O4/c1-25-12-9-20-18(23)16-17(26-13-21-16)14-7-3-4-8-15(14)19(24)22-10-5-2-6-11-22/h3-4,7-8,13H,2,5-6,9-12H2,1H3,(H,20,23). The zero-order valence-corrected chi connectivity index (χ0v) is 14.9. The zero-order valence-electron chi connectivity index (χ0n) is 14.9. The highest BCUT2D eigenvalue weighted by atomic mass is 16.5. The fourth-order valence-corrected chi connectivity index (χ4v) is 3.08. The Morgan fingerprint density at radius 2 is 2.00 bits per heavy atom. The maximum Gasteiger partial charge on any atom is 0.274 e. The van der Waals surface area contributed by atoms with Crippen LogP contribution in [0, 0.1) is 0 Å². The number of oxazole rings is 1. The average Bonchev–Trinajstić information content (AvgIpc) is 3.18. The van der Waals surface area contributed by atoms with Gasteiger partial charge in [-0.15, -0.1) is 0 Å². The maximum atomic E-state index is 13.0. The van der Waals surface area contributed by atoms with E-state index in [-0.39, 0.29) is 17.5 Å². The van der Waals surface area contributed by atoms with E-state index < -0.39 is 0 Å². The summed E-state index contributed by atoms with van der Waals surface area (Å²) in [7, 11) is 1.57. The van der Waals surface area contributed by atoms with E-state index >= 15 is 0 Å². The smallest absolute Gasteiger partial charge is 0.274 e. The van der Waals surface area contributed by atoms with Crippen LogP contribution in [0.2, 0.25) is 0 Å². The van der Waals surface area contributed by atoms with Crippen LogP contribution < -0.4 is 5.32 Å². The van der Waals surface area contributed by atoms with Gasteiger partial charge in [-0.3, -0.25) is 9.59 Å². The molecular weight excluding hydrogens is 334 g/mol. The topological polar surface area (TPSA) is 84.7 Å². The summed E-state index contributed by atoms with van der Waals surface area (Å²) in [4.78, 5) is 31.2. The summed E-state index contributed by atoms with van der Waals surface area (Å²) in [6, 6.07) is 7.18. The van der Waals surface area contributed by atoms with Crippen molar-refractivity contribution in [3.05, 3.63) is 41.9 Å². The van der Waals surface area contributed by atoms with Gasteiger partial charge in [0.05, 0.1) is 12.2 Å². The molecule has 7 heteroatoms. The molecule has 138 valence electrons. The second-order valence-electron chi connectivity index (χ2n) is 6.18. The maximum absolute atomic E-state index is 13.0. The van der Waals surface area contributed by atoms with Gasteiger partial charge in [-0.2, -0.15) is 0 Å². The molecule has 0 atom stereocenters. The summed E-state index contributed by atoms with van der Waals surface area (Å²) in [6.07, 6.45) is 4.41. The van der Waals surface area contributed by atoms with Crippen molar-refractivity contribution in [2.45, 2.75) is 19.3 Å². The molecule has 0 bridgehead atoms. The molecule has 2 heterocycles. The number of nitrogens with zero attached hydrogens (tertiary/aromatic N) is 2. The van der Waals surface area contributed by atoms with E-state index in [1.165, 1.54) is 6.39 Å². The number of hydrogen-bond donors (Lipinski definition) is 1. The summed E-state index contributed by atoms with van der Waals surface area (Å²) in [5.74, 6) is -0.0886. The number of carbonyl (C=O) groups is 2. The number of likely N-dealkylation sites (tertiary alicyclic amines) is 1. The van der Waals surface area contributed by atoms with Crippen LogP contribution >= 0.6 is 0 Å². The third-order valence-corrected chi connectivity index (χ3v) is 4.42. The van der Waals surface area contributed by atoms with E-state index in [4.69, 9.17) is 9.15 Å². The summed E-state index contributed by atoms with van der Waals surface area (Å²) in [5.41, 5.74) is 1.27. The van der Waals surface area contributed by atoms with Crippen molar-refractivity contribution >= 4 is 11.8 Å². The van der Waals surface area contributed by atoms with Crippen molar-refractivity contribution in [3.63, 3.8) is 0 Å². The Kier molecular flexibility index (Phi) is 6.01. The van der Waals surface area contributed by atoms with Crippen molar-refractivity contribution in [3.8, 4) is 11.3 Å². The van der Waals surface area contributed by atoms with E-state index in [0.29, 0.717) is 30.0 Å². The lowest BCUT2D eigenvalue weighted by Crippen LogP contribution is -2.35. The fourth-order valence-electron chi connectivity index (χ4n) is 3.08. The van der Waals surface area contributed by atoms with Crippen LogP contribution in [-0.4, -0.2) is 55.0 Å². The molecule has 1 N–H and O–H groups in total. The summed E-state index contributed by atoms with van der Waals surface area (Å²) in [5, 5.41) is 2.73. The van der Waals surface area contributed by atoms with Gasteiger partial charge in [0.1, 0.15) is 0 Å². The number of rotatable bonds is 6. The molecule has 0 aliphatic carbocycles. The zero-order chi connectivity index (χ0) is 18.4. The molecule has 3 rings (SSSR count). The first-order chi connectivity index (χ1) is 12.7. The number of methoxy groups -OCH3 is 1. The van der Waals surface area contributed by atoms with Crippen LogP contribution in [0.25, 0.3) is 11.3 Å². The number of amides is 2. The Morgan fingerprint density at radius 1 is 1.23 bits per heavy atom. The van der Waals surface area contributed by atoms with E-state index in [9.17, 15) is 9.59 Å². The Bertz CT molecular complexity index is 766. The first kappa shape index (κ1) is 18.1. The number of nitrogens with one attached hydrogen (secondary N) is 1. The van der Waals surface area contributed by atoms with E-state index in [0.717, 1.165) is 32.4 Å². The van der Waals surface area contributed by atoms with E-state index in [1.54, 1.807) is 19.2 Å². The number of hydrogen-bond acceptors (Lipinski definition) is 5. The summed E-state index contributed by atoms with van der Waals surface area (Å²) < 4.78 is 10.4. The summed E-state index contributed by atoms with van der Waals surface area (Å²) >= 11 is 0. The minimum atomic E-state index is -0.356. The first-order valence-electron chi connectivity index (χ1n) is 8.81. The molecule has 1 aromatic carbocycles. The molecule has 1 fully saturated rings. The monoisotopic (exact) mass is 357 g/mol. The van der Waals surface area contributed by atoms with Gasteiger partial charge in [0.2, 0.25) is 0 Å². The number of carbonyl (C=O) groups excluding carboxylic acids is 2. The Balaban J connectivity index is 1.88. The molecule has 1 aliphatic heterocycles. The largest absolute Gasteiger partial charge is 0.443 e. The highest BCUT2D eigenvalue weighted by molar-refractivity contribution is 6.04. The van der Waals surface area contributed by atoms with Crippen molar-refractivity contribution in [2.75, 3.05) is 33.4 Å². The van der Waals surface area contributed by atoms with E-state index in [1.807, 2.05) is 17.0 Å². The third kappa shape index (κ3) is 3.94. The SMILES string of the molecule is COCCNC(=O)c1ncoc1-c1ccccc1C(=O)N1CCCCC1. The van der Waals surface area contributed by atoms with Crippen molar-refractivity contribution in [1.82, 2.24) is 15.2 Å². The van der Waals surface area contributed by atoms with Crippen LogP contribution in [0.3, 0.4) is 0 Å². The molecule has 0 spiro atoms. The second-order valence-corrected chi connectivity index (χ2v) is 6.18. The second kappa shape index (κ2) is 8.62. The lowest BCUT2D eigenvalue weighted by Gasteiger charge is -2.27. The number of benzene rings is 1. The molecule has 2 amide bonds. The number of aromatic nitrogens is 1. The predicted octanol–water partition coefficient (Wildman–Crippen LogP) is 2.34. The van der Waals surface area contributed by atoms with Gasteiger partial charge in [-0.1, -0.05) is 18.2 Å². The predicted molar refractivity (Wildman–Crippen MR) is 95.9 cm³/mol. The van der Waals surface area contributed by atoms with Crippen molar-refractivity contribution in [2.24, 2.45) is 0 Å². The first-order valence-corrected chi connectivity index (χ1v) is 8.81. The van der Waals surface area contributed by atoms with E-state index in [2.05, 4.69) is 10.3 Å². The molecule has 1 saturated heterocycles. The van der Waals surface area contributed by atoms with Crippen LogP contribution in [0.1, 0.15) is 40.1 Å². The Morgan fingerprint density at radius 3 is 2.77 bits per heavy atom. The molecule has 0 radical (unpaired) electrons. The number of piperidine rings is 1. The molecule has 1 aromatic heterocycles. The molecular formula is C19H23N3O4. The van der Waals surface area contributed by atoms with Gasteiger partial charge in [-0.25, -0.2) is 4.98 Å². The summed E-state index contributed by atoms with van der Waals surface area (Å²) in [6.45, 7) is 2.29. The quantitative estimate of drug-likeness (QED) is 0.802. The fraction of sp³-hybridized carbons (Fsp3) is 0.421. The van der Waals surface area contributed by atoms with Gasteiger partial charge in [0.25, 0.3) is 11.8 Å². The van der Waals surface area contributed by atoms with Gasteiger partial charge < -0.3 is 19.4 Å². The highest BCUT2D eigenvalue weighted by Crippen LogP contribution is 2.28. The third-order valence-electron chi connectivity index (χ3n) is 4.42. The van der Waals surface area contributed by atoms with Crippen LogP contribution in [-0.2, 0) is 4.74 Å². The Labute approximate surface area is 152 Å². The van der Waals surface area contributed by atoms with Crippen LogP contribution in [0.15, 0.2) is 35.1 Å². The van der Waals surface area contributed by atoms with Gasteiger partial charge >= 0.3 is 0 Å². The van der Waals surface area contributed by atoms with Gasteiger partial charge in [0, 0.05) is 32.3 Å². The van der Waals surface area contributed by atoms with Crippen molar-refractivity contribution in [1.29, 1.82) is 0 Å². The Hall–Kier alpha value is -2.67. The minimum Gasteiger partial charge on any atom is -0.443 e. The van der Waals surface area contributed by atoms with Gasteiger partial charge in [0.15, 0.2) is 17.8 Å². The van der Waals surface area contributed by atoms with Crippen molar-refractivity contribution < 1.29 is 18.7 Å². The van der Waals surface area contributed by atoms with Crippen LogP contribution in [0.5, 0.6) is 0 Å². The van der Waals surface area contributed by atoms with Gasteiger partial charge in [-0.05, 0) is 25.3 Å². The highest BCUT2D eigenvalue weighted by Gasteiger charge is 2.25. The van der Waals surface area contributed by atoms with Crippen LogP contribution in [0.4, 0.5) is 0 Å². The molecule has 0 saturated carbocycles. The lowest BCUT2D eigenvalue weighted by atomic mass is 10.0. The molecule has 26 heavy (non-hydrogen) atoms. The molecule has 7 nitrogen and oxygen atoms in total. The minimum absolute atomic E-state index is 0.0394. The average molecular weight is 357 g/mol. The molecule has 0 unspecified atom stereocenters. The number of ether oxygens (including phenoxy) is 1. The molecule has 1 aliphatic rings. The normalized spacial score (nSPS) is 14.3.